The van der Waals surface area contributed by atoms with Crippen molar-refractivity contribution in [3.63, 3.8) is 0 Å². The number of amides is 2. The zero-order valence-electron chi connectivity index (χ0n) is 23.1. The van der Waals surface area contributed by atoms with Crippen LogP contribution in [0.25, 0.3) is 0 Å². The second-order valence-electron chi connectivity index (χ2n) is 9.72. The van der Waals surface area contributed by atoms with Gasteiger partial charge in [0.15, 0.2) is 0 Å². The Morgan fingerprint density at radius 2 is 1.70 bits per heavy atom. The van der Waals surface area contributed by atoms with Gasteiger partial charge < -0.3 is 25.4 Å². The number of carbonyl (C=O) groups excluding carboxylic acids is 1. The van der Waals surface area contributed by atoms with Crippen LogP contribution in [0.3, 0.4) is 0 Å². The third-order valence-corrected chi connectivity index (χ3v) is 7.46. The van der Waals surface area contributed by atoms with Gasteiger partial charge in [0.1, 0.15) is 33.7 Å². The number of methoxy groups -OCH3 is 2. The first-order valence-electron chi connectivity index (χ1n) is 13.1. The fourth-order valence-electron chi connectivity index (χ4n) is 4.48. The van der Waals surface area contributed by atoms with Gasteiger partial charge in [-0.05, 0) is 31.5 Å². The van der Waals surface area contributed by atoms with Gasteiger partial charge in [-0.1, -0.05) is 35.3 Å². The number of nitrogens with zero attached hydrogens (tertiary/aromatic N) is 4. The zero-order chi connectivity index (χ0) is 28.6. The van der Waals surface area contributed by atoms with Crippen LogP contribution in [0.5, 0.6) is 11.5 Å². The minimum atomic E-state index is -0.519. The van der Waals surface area contributed by atoms with Gasteiger partial charge in [-0.3, -0.25) is 9.80 Å². The summed E-state index contributed by atoms with van der Waals surface area (Å²) >= 11 is 12.7. The minimum absolute atomic E-state index is 0.155. The van der Waals surface area contributed by atoms with Crippen LogP contribution in [0.1, 0.15) is 25.1 Å². The second-order valence-corrected chi connectivity index (χ2v) is 10.5. The third-order valence-electron chi connectivity index (χ3n) is 6.71. The molecule has 0 radical (unpaired) electrons. The molecule has 10 nitrogen and oxygen atoms in total. The highest BCUT2D eigenvalue weighted by molar-refractivity contribution is 6.41. The molecular weight excluding hydrogens is 553 g/mol. The van der Waals surface area contributed by atoms with Gasteiger partial charge in [0, 0.05) is 56.6 Å². The molecular formula is C28H35Cl2N7O3. The van der Waals surface area contributed by atoms with E-state index in [0.29, 0.717) is 29.1 Å². The summed E-state index contributed by atoms with van der Waals surface area (Å²) in [7, 11) is 2.93. The number of aromatic nitrogens is 2. The number of nitrogens with one attached hydrogen (secondary N) is 3. The monoisotopic (exact) mass is 587 g/mol. The van der Waals surface area contributed by atoms with E-state index in [4.69, 9.17) is 32.7 Å². The molecule has 12 heteroatoms. The number of ether oxygens (including phenoxy) is 2. The smallest absolute Gasteiger partial charge is 0.319 e. The number of hydrogen-bond donors (Lipinski definition) is 3. The molecule has 3 aromatic rings. The van der Waals surface area contributed by atoms with Gasteiger partial charge in [-0.15, -0.1) is 0 Å². The Morgan fingerprint density at radius 3 is 2.35 bits per heavy atom. The molecule has 2 aromatic carbocycles. The maximum atomic E-state index is 12.6. The molecule has 0 atom stereocenters. The number of benzene rings is 2. The number of anilines is 3. The van der Waals surface area contributed by atoms with E-state index in [1.54, 1.807) is 12.1 Å². The summed E-state index contributed by atoms with van der Waals surface area (Å²) in [4.78, 5) is 26.2. The van der Waals surface area contributed by atoms with Crippen LogP contribution in [0.15, 0.2) is 42.7 Å². The standard InChI is InChI=1S/C28H35Cl2N7O3/c1-18(2)37-10-8-36(9-11-37)16-19-6-5-7-20(12-19)34-24-13-21(32-17-33-24)15-31-28(38)35-27-25(29)22(39-3)14-23(40-4)26(27)30/h5-7,12-14,17-18H,8-11,15-16H2,1-4H3,(H2,31,35,38)(H,32,33,34). The van der Waals surface area contributed by atoms with E-state index in [2.05, 4.69) is 61.7 Å². The van der Waals surface area contributed by atoms with Crippen molar-refractivity contribution < 1.29 is 14.3 Å². The Hall–Kier alpha value is -3.31. The van der Waals surface area contributed by atoms with Crippen LogP contribution in [-0.4, -0.2) is 72.2 Å². The second kappa shape index (κ2) is 13.8. The Balaban J connectivity index is 1.33. The van der Waals surface area contributed by atoms with Crippen molar-refractivity contribution >= 4 is 46.4 Å². The normalized spacial score (nSPS) is 14.2. The molecule has 3 N–H and O–H groups in total. The van der Waals surface area contributed by atoms with E-state index >= 15 is 0 Å². The molecule has 0 bridgehead atoms. The van der Waals surface area contributed by atoms with Gasteiger partial charge >= 0.3 is 6.03 Å². The maximum Gasteiger partial charge on any atom is 0.319 e. The molecule has 0 aliphatic carbocycles. The Bertz CT molecular complexity index is 1290. The highest BCUT2D eigenvalue weighted by Crippen LogP contribution is 2.44. The molecule has 1 aliphatic rings. The molecule has 1 saturated heterocycles. The lowest BCUT2D eigenvalue weighted by Gasteiger charge is -2.37. The van der Waals surface area contributed by atoms with Gasteiger partial charge in [0.25, 0.3) is 0 Å². The fourth-order valence-corrected chi connectivity index (χ4v) is 5.07. The first-order valence-corrected chi connectivity index (χ1v) is 13.8. The summed E-state index contributed by atoms with van der Waals surface area (Å²) in [5.74, 6) is 1.27. The van der Waals surface area contributed by atoms with Crippen LogP contribution in [-0.2, 0) is 13.1 Å². The van der Waals surface area contributed by atoms with E-state index in [1.165, 1.54) is 26.1 Å². The molecule has 1 fully saturated rings. The summed E-state index contributed by atoms with van der Waals surface area (Å²) < 4.78 is 10.5. The topological polar surface area (TPSA) is 104 Å². The zero-order valence-corrected chi connectivity index (χ0v) is 24.6. The summed E-state index contributed by atoms with van der Waals surface area (Å²) in [5.41, 5.74) is 2.98. The maximum absolute atomic E-state index is 12.6. The largest absolute Gasteiger partial charge is 0.495 e. The predicted molar refractivity (Wildman–Crippen MR) is 159 cm³/mol. The van der Waals surface area contributed by atoms with Crippen molar-refractivity contribution in [1.29, 1.82) is 0 Å². The van der Waals surface area contributed by atoms with Crippen molar-refractivity contribution in [2.75, 3.05) is 51.0 Å². The van der Waals surface area contributed by atoms with Crippen LogP contribution in [0.2, 0.25) is 10.0 Å². The number of rotatable bonds is 10. The highest BCUT2D eigenvalue weighted by Gasteiger charge is 2.20. The van der Waals surface area contributed by atoms with E-state index in [1.807, 2.05) is 12.1 Å². The number of hydrogen-bond acceptors (Lipinski definition) is 8. The molecule has 2 heterocycles. The quantitative estimate of drug-likeness (QED) is 0.290. The molecule has 1 aromatic heterocycles. The number of halogens is 2. The van der Waals surface area contributed by atoms with E-state index in [-0.39, 0.29) is 22.3 Å². The summed E-state index contributed by atoms with van der Waals surface area (Å²) in [6.45, 7) is 9.88. The first kappa shape index (κ1) is 29.7. The molecule has 0 spiro atoms. The average molecular weight is 589 g/mol. The van der Waals surface area contributed by atoms with Crippen LogP contribution < -0.4 is 25.4 Å². The van der Waals surface area contributed by atoms with Gasteiger partial charge in [-0.2, -0.15) is 0 Å². The molecule has 1 aliphatic heterocycles. The fraction of sp³-hybridized carbons (Fsp3) is 0.393. The summed E-state index contributed by atoms with van der Waals surface area (Å²) in [6, 6.07) is 11.7. The molecule has 4 rings (SSSR count). The molecule has 0 unspecified atom stereocenters. The van der Waals surface area contributed by atoms with Gasteiger partial charge in [0.2, 0.25) is 0 Å². The third kappa shape index (κ3) is 7.66. The van der Waals surface area contributed by atoms with Gasteiger partial charge in [-0.25, -0.2) is 14.8 Å². The number of carbonyl (C=O) groups is 1. The Morgan fingerprint density at radius 1 is 1.00 bits per heavy atom. The van der Waals surface area contributed by atoms with Crippen molar-refractivity contribution in [3.05, 3.63) is 64.0 Å². The Labute approximate surface area is 245 Å². The molecule has 0 saturated carbocycles. The number of piperazine rings is 1. The van der Waals surface area contributed by atoms with Crippen molar-refractivity contribution in [1.82, 2.24) is 25.1 Å². The average Bonchev–Trinajstić information content (AvgIpc) is 2.95. The minimum Gasteiger partial charge on any atom is -0.495 e. The van der Waals surface area contributed by atoms with Crippen molar-refractivity contribution in [2.24, 2.45) is 0 Å². The van der Waals surface area contributed by atoms with E-state index < -0.39 is 6.03 Å². The lowest BCUT2D eigenvalue weighted by Crippen LogP contribution is -2.48. The summed E-state index contributed by atoms with van der Waals surface area (Å²) in [6.07, 6.45) is 1.45. The van der Waals surface area contributed by atoms with Crippen LogP contribution in [0, 0.1) is 0 Å². The lowest BCUT2D eigenvalue weighted by molar-refractivity contribution is 0.104. The van der Waals surface area contributed by atoms with E-state index in [9.17, 15) is 4.79 Å². The van der Waals surface area contributed by atoms with Crippen molar-refractivity contribution in [3.8, 4) is 11.5 Å². The first-order chi connectivity index (χ1) is 19.3. The van der Waals surface area contributed by atoms with Crippen LogP contribution >= 0.6 is 23.2 Å². The lowest BCUT2D eigenvalue weighted by atomic mass is 10.1. The SMILES string of the molecule is COc1cc(OC)c(Cl)c(NC(=O)NCc2cc(Nc3cccc(CN4CCN(C(C)C)CC4)c3)ncn2)c1Cl. The Kier molecular flexibility index (Phi) is 10.3. The van der Waals surface area contributed by atoms with Gasteiger partial charge in [0.05, 0.1) is 32.1 Å². The number of urea groups is 1. The molecule has 214 valence electrons. The highest BCUT2D eigenvalue weighted by atomic mass is 35.5. The molecule has 2 amide bonds. The molecule has 40 heavy (non-hydrogen) atoms. The predicted octanol–water partition coefficient (Wildman–Crippen LogP) is 5.39. The van der Waals surface area contributed by atoms with E-state index in [0.717, 1.165) is 38.4 Å². The summed E-state index contributed by atoms with van der Waals surface area (Å²) in [5, 5.41) is 9.09. The van der Waals surface area contributed by atoms with Crippen LogP contribution in [0.4, 0.5) is 22.0 Å². The van der Waals surface area contributed by atoms with Crippen molar-refractivity contribution in [2.45, 2.75) is 33.0 Å².